The summed E-state index contributed by atoms with van der Waals surface area (Å²) >= 11 is 6.16. The van der Waals surface area contributed by atoms with Crippen molar-refractivity contribution in [2.75, 3.05) is 11.4 Å². The van der Waals surface area contributed by atoms with Gasteiger partial charge in [0, 0.05) is 18.1 Å². The smallest absolute Gasteiger partial charge is 0.243 e. The average molecular weight is 276 g/mol. The van der Waals surface area contributed by atoms with Crippen LogP contribution in [0.3, 0.4) is 0 Å². The molecule has 1 unspecified atom stereocenters. The second-order valence-corrected chi connectivity index (χ2v) is 5.11. The van der Waals surface area contributed by atoms with Crippen LogP contribution >= 0.6 is 11.6 Å². The number of halogens is 1. The van der Waals surface area contributed by atoms with E-state index < -0.39 is 6.04 Å². The number of carbonyl (C=O) groups is 1. The fraction of sp³-hybridized carbons (Fsp3) is 0.286. The van der Waals surface area contributed by atoms with Crippen LogP contribution in [0.5, 0.6) is 0 Å². The molecule has 2 aromatic rings. The topological polar surface area (TPSA) is 59.2 Å². The molecule has 0 radical (unpaired) electrons. The highest BCUT2D eigenvalue weighted by atomic mass is 35.5. The van der Waals surface area contributed by atoms with Crippen molar-refractivity contribution in [2.24, 2.45) is 5.73 Å². The summed E-state index contributed by atoms with van der Waals surface area (Å²) < 4.78 is 0. The van der Waals surface area contributed by atoms with Gasteiger partial charge in [-0.1, -0.05) is 11.6 Å². The minimum Gasteiger partial charge on any atom is -0.320 e. The number of fused-ring (bicyclic) bond motifs is 1. The van der Waals surface area contributed by atoms with E-state index >= 15 is 0 Å². The van der Waals surface area contributed by atoms with Crippen molar-refractivity contribution in [3.63, 3.8) is 0 Å². The SMILES string of the molecule is NC1CCCN(c2ccc(Cl)c3cccnc23)C1=O. The predicted octanol–water partition coefficient (Wildman–Crippen LogP) is 2.34. The van der Waals surface area contributed by atoms with E-state index in [1.165, 1.54) is 0 Å². The van der Waals surface area contributed by atoms with Crippen LogP contribution in [0.25, 0.3) is 10.9 Å². The monoisotopic (exact) mass is 275 g/mol. The minimum absolute atomic E-state index is 0.0412. The maximum absolute atomic E-state index is 12.2. The van der Waals surface area contributed by atoms with E-state index in [-0.39, 0.29) is 5.91 Å². The van der Waals surface area contributed by atoms with Crippen LogP contribution in [0.1, 0.15) is 12.8 Å². The first-order valence-electron chi connectivity index (χ1n) is 6.28. The van der Waals surface area contributed by atoms with E-state index in [4.69, 9.17) is 17.3 Å². The number of aromatic nitrogens is 1. The number of amides is 1. The maximum atomic E-state index is 12.2. The Kier molecular flexibility index (Phi) is 3.12. The lowest BCUT2D eigenvalue weighted by molar-refractivity contribution is -0.120. The molecule has 1 aromatic heterocycles. The molecule has 2 heterocycles. The number of piperidine rings is 1. The Morgan fingerprint density at radius 2 is 2.21 bits per heavy atom. The molecule has 1 fully saturated rings. The first kappa shape index (κ1) is 12.4. The molecule has 0 spiro atoms. The number of benzene rings is 1. The Labute approximate surface area is 116 Å². The van der Waals surface area contributed by atoms with Crippen molar-refractivity contribution in [2.45, 2.75) is 18.9 Å². The van der Waals surface area contributed by atoms with Gasteiger partial charge in [0.05, 0.1) is 22.3 Å². The van der Waals surface area contributed by atoms with Gasteiger partial charge in [0.25, 0.3) is 0 Å². The molecule has 1 aromatic carbocycles. The number of carbonyl (C=O) groups excluding carboxylic acids is 1. The van der Waals surface area contributed by atoms with Crippen LogP contribution < -0.4 is 10.6 Å². The summed E-state index contributed by atoms with van der Waals surface area (Å²) in [7, 11) is 0. The average Bonchev–Trinajstić information content (AvgIpc) is 2.43. The summed E-state index contributed by atoms with van der Waals surface area (Å²) in [5, 5.41) is 1.49. The van der Waals surface area contributed by atoms with Crippen molar-refractivity contribution in [3.8, 4) is 0 Å². The van der Waals surface area contributed by atoms with Gasteiger partial charge >= 0.3 is 0 Å². The normalized spacial score (nSPS) is 20.0. The van der Waals surface area contributed by atoms with Crippen LogP contribution in [0, 0.1) is 0 Å². The van der Waals surface area contributed by atoms with Crippen molar-refractivity contribution in [1.82, 2.24) is 4.98 Å². The molecule has 1 amide bonds. The molecule has 0 bridgehead atoms. The number of rotatable bonds is 1. The second-order valence-electron chi connectivity index (χ2n) is 4.70. The minimum atomic E-state index is -0.414. The predicted molar refractivity (Wildman–Crippen MR) is 76.3 cm³/mol. The van der Waals surface area contributed by atoms with Gasteiger partial charge < -0.3 is 10.6 Å². The summed E-state index contributed by atoms with van der Waals surface area (Å²) in [5.41, 5.74) is 7.38. The van der Waals surface area contributed by atoms with Gasteiger partial charge in [0.15, 0.2) is 0 Å². The molecule has 1 saturated heterocycles. The van der Waals surface area contributed by atoms with Crippen LogP contribution in [-0.4, -0.2) is 23.5 Å². The molecule has 0 aliphatic carbocycles. The molecular formula is C14H14ClN3O. The first-order valence-corrected chi connectivity index (χ1v) is 6.66. The largest absolute Gasteiger partial charge is 0.320 e. The zero-order chi connectivity index (χ0) is 13.4. The molecule has 1 atom stereocenters. The van der Waals surface area contributed by atoms with Crippen LogP contribution in [0.15, 0.2) is 30.5 Å². The summed E-state index contributed by atoms with van der Waals surface area (Å²) in [6.45, 7) is 0.680. The highest BCUT2D eigenvalue weighted by Crippen LogP contribution is 2.32. The standard InChI is InChI=1S/C14H14ClN3O/c15-10-5-6-12(13-9(10)3-1-7-17-13)18-8-2-4-11(16)14(18)19/h1,3,5-7,11H,2,4,8,16H2. The Hall–Kier alpha value is -1.65. The molecule has 19 heavy (non-hydrogen) atoms. The quantitative estimate of drug-likeness (QED) is 0.869. The Bertz CT molecular complexity index is 644. The van der Waals surface area contributed by atoms with Crippen molar-refractivity contribution in [1.29, 1.82) is 0 Å². The van der Waals surface area contributed by atoms with Gasteiger partial charge in [-0.25, -0.2) is 0 Å². The second kappa shape index (κ2) is 4.79. The Balaban J connectivity index is 2.15. The number of hydrogen-bond donors (Lipinski definition) is 1. The Morgan fingerprint density at radius 3 is 3.05 bits per heavy atom. The summed E-state index contributed by atoms with van der Waals surface area (Å²) in [6, 6.07) is 6.97. The van der Waals surface area contributed by atoms with Gasteiger partial charge in [-0.3, -0.25) is 9.78 Å². The highest BCUT2D eigenvalue weighted by molar-refractivity contribution is 6.36. The lowest BCUT2D eigenvalue weighted by atomic mass is 10.0. The van der Waals surface area contributed by atoms with Gasteiger partial charge in [-0.15, -0.1) is 0 Å². The lowest BCUT2D eigenvalue weighted by Crippen LogP contribution is -2.48. The molecule has 1 aliphatic rings. The van der Waals surface area contributed by atoms with E-state index in [0.717, 1.165) is 29.4 Å². The molecule has 0 saturated carbocycles. The van der Waals surface area contributed by atoms with Gasteiger partial charge in [0.1, 0.15) is 0 Å². The molecule has 2 N–H and O–H groups in total. The molecule has 98 valence electrons. The molecular weight excluding hydrogens is 262 g/mol. The Morgan fingerprint density at radius 1 is 1.37 bits per heavy atom. The summed E-state index contributed by atoms with van der Waals surface area (Å²) in [6.07, 6.45) is 3.36. The zero-order valence-corrected chi connectivity index (χ0v) is 11.1. The van der Waals surface area contributed by atoms with E-state index in [2.05, 4.69) is 4.98 Å². The maximum Gasteiger partial charge on any atom is 0.243 e. The number of pyridine rings is 1. The number of hydrogen-bond acceptors (Lipinski definition) is 3. The van der Waals surface area contributed by atoms with E-state index in [1.807, 2.05) is 18.2 Å². The lowest BCUT2D eigenvalue weighted by Gasteiger charge is -2.31. The van der Waals surface area contributed by atoms with Gasteiger partial charge in [-0.05, 0) is 37.1 Å². The fourth-order valence-electron chi connectivity index (χ4n) is 2.48. The van der Waals surface area contributed by atoms with E-state index in [0.29, 0.717) is 11.6 Å². The van der Waals surface area contributed by atoms with Crippen LogP contribution in [-0.2, 0) is 4.79 Å². The number of nitrogens with two attached hydrogens (primary N) is 1. The van der Waals surface area contributed by atoms with Crippen LogP contribution in [0.2, 0.25) is 5.02 Å². The van der Waals surface area contributed by atoms with Crippen molar-refractivity contribution in [3.05, 3.63) is 35.5 Å². The van der Waals surface area contributed by atoms with Crippen molar-refractivity contribution < 1.29 is 4.79 Å². The molecule has 3 rings (SSSR count). The fourth-order valence-corrected chi connectivity index (χ4v) is 2.70. The third-order valence-electron chi connectivity index (χ3n) is 3.47. The third kappa shape index (κ3) is 2.07. The van der Waals surface area contributed by atoms with Gasteiger partial charge in [-0.2, -0.15) is 0 Å². The van der Waals surface area contributed by atoms with Crippen molar-refractivity contribution >= 4 is 34.1 Å². The van der Waals surface area contributed by atoms with E-state index in [9.17, 15) is 4.79 Å². The highest BCUT2D eigenvalue weighted by Gasteiger charge is 2.28. The molecule has 1 aliphatic heterocycles. The third-order valence-corrected chi connectivity index (χ3v) is 3.80. The van der Waals surface area contributed by atoms with E-state index in [1.54, 1.807) is 17.2 Å². The summed E-state index contributed by atoms with van der Waals surface area (Å²) in [5.74, 6) is -0.0412. The van der Waals surface area contributed by atoms with Crippen LogP contribution in [0.4, 0.5) is 5.69 Å². The summed E-state index contributed by atoms with van der Waals surface area (Å²) in [4.78, 5) is 18.3. The first-order chi connectivity index (χ1) is 9.18. The number of anilines is 1. The zero-order valence-electron chi connectivity index (χ0n) is 10.3. The molecule has 4 nitrogen and oxygen atoms in total. The number of nitrogens with zero attached hydrogens (tertiary/aromatic N) is 2. The van der Waals surface area contributed by atoms with Gasteiger partial charge in [0.2, 0.25) is 5.91 Å². The molecule has 5 heteroatoms.